The highest BCUT2D eigenvalue weighted by Crippen LogP contribution is 2.17. The molecule has 0 spiro atoms. The van der Waals surface area contributed by atoms with E-state index in [1.807, 2.05) is 32.9 Å². The van der Waals surface area contributed by atoms with Gasteiger partial charge in [0.25, 0.3) is 5.91 Å². The van der Waals surface area contributed by atoms with Gasteiger partial charge >= 0.3 is 0 Å². The summed E-state index contributed by atoms with van der Waals surface area (Å²) in [7, 11) is -3.54. The molecule has 0 aliphatic rings. The molecule has 134 valence electrons. The second kappa shape index (κ2) is 8.29. The van der Waals surface area contributed by atoms with Crippen LogP contribution >= 0.6 is 22.6 Å². The molecule has 0 aliphatic carbocycles. The van der Waals surface area contributed by atoms with Crippen molar-refractivity contribution < 1.29 is 13.2 Å². The zero-order chi connectivity index (χ0) is 18.6. The topological polar surface area (TPSA) is 75.3 Å². The van der Waals surface area contributed by atoms with E-state index < -0.39 is 10.0 Å². The zero-order valence-corrected chi connectivity index (χ0v) is 17.3. The summed E-state index contributed by atoms with van der Waals surface area (Å²) < 4.78 is 28.1. The molecule has 0 heterocycles. The van der Waals surface area contributed by atoms with Gasteiger partial charge in [0.05, 0.1) is 4.90 Å². The largest absolute Gasteiger partial charge is 0.322 e. The van der Waals surface area contributed by atoms with Crippen molar-refractivity contribution in [1.82, 2.24) is 4.72 Å². The first-order valence-corrected chi connectivity index (χ1v) is 10.5. The van der Waals surface area contributed by atoms with E-state index in [-0.39, 0.29) is 16.8 Å². The Bertz CT molecular complexity index is 864. The maximum Gasteiger partial charge on any atom is 0.255 e. The van der Waals surface area contributed by atoms with Crippen molar-refractivity contribution in [2.45, 2.75) is 38.1 Å². The lowest BCUT2D eigenvalue weighted by Gasteiger charge is -2.12. The lowest BCUT2D eigenvalue weighted by Crippen LogP contribution is -2.31. The third-order valence-electron chi connectivity index (χ3n) is 3.83. The van der Waals surface area contributed by atoms with Crippen molar-refractivity contribution in [3.8, 4) is 0 Å². The lowest BCUT2D eigenvalue weighted by molar-refractivity contribution is 0.102. The number of benzene rings is 2. The molecular formula is C18H21IN2O3S. The highest BCUT2D eigenvalue weighted by atomic mass is 127. The molecule has 0 radical (unpaired) electrons. The number of anilines is 1. The maximum absolute atomic E-state index is 12.3. The summed E-state index contributed by atoms with van der Waals surface area (Å²) >= 11 is 2.19. The van der Waals surface area contributed by atoms with Gasteiger partial charge in [0.1, 0.15) is 0 Å². The van der Waals surface area contributed by atoms with Crippen LogP contribution < -0.4 is 10.0 Å². The van der Waals surface area contributed by atoms with Crippen LogP contribution in [0.15, 0.2) is 47.4 Å². The Morgan fingerprint density at radius 2 is 1.80 bits per heavy atom. The molecule has 0 aliphatic heterocycles. The smallest absolute Gasteiger partial charge is 0.255 e. The Kier molecular flexibility index (Phi) is 6.59. The number of carbonyl (C=O) groups is 1. The molecule has 0 bridgehead atoms. The van der Waals surface area contributed by atoms with Crippen LogP contribution in [-0.2, 0) is 10.0 Å². The molecule has 1 amide bonds. The van der Waals surface area contributed by atoms with E-state index >= 15 is 0 Å². The molecule has 1 unspecified atom stereocenters. The standard InChI is InChI=1S/C18H21IN2O3S/c1-4-13(3)21-25(23,24)16-9-7-15(8-10-16)20-18(22)14-6-5-12(2)17(19)11-14/h5-11,13,21H,4H2,1-3H3,(H,20,22). The highest BCUT2D eigenvalue weighted by Gasteiger charge is 2.16. The van der Waals surface area contributed by atoms with E-state index in [1.54, 1.807) is 18.2 Å². The van der Waals surface area contributed by atoms with Crippen molar-refractivity contribution >= 4 is 44.2 Å². The number of sulfonamides is 1. The average Bonchev–Trinajstić information content (AvgIpc) is 2.57. The molecule has 0 aromatic heterocycles. The van der Waals surface area contributed by atoms with Gasteiger partial charge in [-0.1, -0.05) is 13.0 Å². The second-order valence-corrected chi connectivity index (χ2v) is 8.75. The zero-order valence-electron chi connectivity index (χ0n) is 14.3. The number of halogens is 1. The van der Waals surface area contributed by atoms with Gasteiger partial charge in [0.15, 0.2) is 0 Å². The van der Waals surface area contributed by atoms with Crippen molar-refractivity contribution in [3.63, 3.8) is 0 Å². The first kappa shape index (κ1) is 19.9. The third-order valence-corrected chi connectivity index (χ3v) is 6.59. The molecule has 2 aromatic rings. The van der Waals surface area contributed by atoms with E-state index in [1.165, 1.54) is 12.1 Å². The first-order valence-electron chi connectivity index (χ1n) is 7.93. The summed E-state index contributed by atoms with van der Waals surface area (Å²) in [4.78, 5) is 12.5. The van der Waals surface area contributed by atoms with Crippen LogP contribution in [0.2, 0.25) is 0 Å². The fourth-order valence-corrected chi connectivity index (χ4v) is 3.91. The molecule has 7 heteroatoms. The minimum Gasteiger partial charge on any atom is -0.322 e. The van der Waals surface area contributed by atoms with Crippen molar-refractivity contribution in [1.29, 1.82) is 0 Å². The number of hydrogen-bond donors (Lipinski definition) is 2. The SMILES string of the molecule is CCC(C)NS(=O)(=O)c1ccc(NC(=O)c2ccc(C)c(I)c2)cc1. The fraction of sp³-hybridized carbons (Fsp3) is 0.278. The van der Waals surface area contributed by atoms with Crippen LogP contribution in [0.1, 0.15) is 36.2 Å². The first-order chi connectivity index (χ1) is 11.7. The molecular weight excluding hydrogens is 451 g/mol. The number of amides is 1. The van der Waals surface area contributed by atoms with Gasteiger partial charge in [-0.05, 0) is 84.8 Å². The number of rotatable bonds is 6. The molecule has 25 heavy (non-hydrogen) atoms. The average molecular weight is 472 g/mol. The lowest BCUT2D eigenvalue weighted by atomic mass is 10.1. The summed E-state index contributed by atoms with van der Waals surface area (Å²) in [5, 5.41) is 2.78. The molecule has 1 atom stereocenters. The van der Waals surface area contributed by atoms with Gasteiger partial charge in [0.2, 0.25) is 10.0 Å². The third kappa shape index (κ3) is 5.26. The number of hydrogen-bond acceptors (Lipinski definition) is 3. The van der Waals surface area contributed by atoms with E-state index in [4.69, 9.17) is 0 Å². The van der Waals surface area contributed by atoms with Crippen LogP contribution in [0.25, 0.3) is 0 Å². The second-order valence-electron chi connectivity index (χ2n) is 5.87. The van der Waals surface area contributed by atoms with Crippen molar-refractivity contribution in [2.75, 3.05) is 5.32 Å². The Morgan fingerprint density at radius 3 is 2.36 bits per heavy atom. The molecule has 2 rings (SSSR count). The quantitative estimate of drug-likeness (QED) is 0.626. The van der Waals surface area contributed by atoms with Crippen LogP contribution in [0, 0.1) is 10.5 Å². The van der Waals surface area contributed by atoms with Crippen LogP contribution in [0.3, 0.4) is 0 Å². The molecule has 2 N–H and O–H groups in total. The van der Waals surface area contributed by atoms with Crippen LogP contribution in [0.4, 0.5) is 5.69 Å². The molecule has 5 nitrogen and oxygen atoms in total. The Labute approximate surface area is 162 Å². The van der Waals surface area contributed by atoms with Gasteiger partial charge in [-0.15, -0.1) is 0 Å². The normalized spacial score (nSPS) is 12.6. The van der Waals surface area contributed by atoms with Crippen molar-refractivity contribution in [3.05, 3.63) is 57.2 Å². The molecule has 0 fully saturated rings. The fourth-order valence-electron chi connectivity index (χ4n) is 2.07. The summed E-state index contributed by atoms with van der Waals surface area (Å²) in [6.45, 7) is 5.71. The Hall–Kier alpha value is -1.45. The van der Waals surface area contributed by atoms with Crippen molar-refractivity contribution in [2.24, 2.45) is 0 Å². The van der Waals surface area contributed by atoms with Crippen LogP contribution in [0.5, 0.6) is 0 Å². The molecule has 0 saturated carbocycles. The monoisotopic (exact) mass is 472 g/mol. The number of carbonyl (C=O) groups excluding carboxylic acids is 1. The Balaban J connectivity index is 2.12. The maximum atomic E-state index is 12.3. The van der Waals surface area contributed by atoms with Gasteiger partial charge in [0, 0.05) is 20.9 Å². The predicted molar refractivity (Wildman–Crippen MR) is 108 cm³/mol. The molecule has 0 saturated heterocycles. The van der Waals surface area contributed by atoms with E-state index in [0.717, 1.165) is 9.13 Å². The predicted octanol–water partition coefficient (Wildman–Crippen LogP) is 3.93. The van der Waals surface area contributed by atoms with E-state index in [2.05, 4.69) is 32.6 Å². The van der Waals surface area contributed by atoms with E-state index in [0.29, 0.717) is 17.7 Å². The van der Waals surface area contributed by atoms with E-state index in [9.17, 15) is 13.2 Å². The Morgan fingerprint density at radius 1 is 1.16 bits per heavy atom. The summed E-state index contributed by atoms with van der Waals surface area (Å²) in [5.74, 6) is -0.230. The molecule has 2 aromatic carbocycles. The summed E-state index contributed by atoms with van der Waals surface area (Å²) in [6.07, 6.45) is 0.711. The van der Waals surface area contributed by atoms with Gasteiger partial charge in [-0.3, -0.25) is 4.79 Å². The highest BCUT2D eigenvalue weighted by molar-refractivity contribution is 14.1. The minimum atomic E-state index is -3.54. The minimum absolute atomic E-state index is 0.131. The summed E-state index contributed by atoms with van der Waals surface area (Å²) in [6, 6.07) is 11.5. The number of aryl methyl sites for hydroxylation is 1. The summed E-state index contributed by atoms with van der Waals surface area (Å²) in [5.41, 5.74) is 2.22. The van der Waals surface area contributed by atoms with Crippen LogP contribution in [-0.4, -0.2) is 20.4 Å². The van der Waals surface area contributed by atoms with Gasteiger partial charge in [-0.2, -0.15) is 0 Å². The van der Waals surface area contributed by atoms with Gasteiger partial charge < -0.3 is 5.32 Å². The van der Waals surface area contributed by atoms with Gasteiger partial charge in [-0.25, -0.2) is 13.1 Å². The number of nitrogens with one attached hydrogen (secondary N) is 2.